The Morgan fingerprint density at radius 1 is 1.03 bits per heavy atom. The van der Waals surface area contributed by atoms with Gasteiger partial charge in [-0.3, -0.25) is 19.9 Å². The van der Waals surface area contributed by atoms with Crippen LogP contribution in [0.4, 0.5) is 0 Å². The Morgan fingerprint density at radius 3 is 2.62 bits per heavy atom. The summed E-state index contributed by atoms with van der Waals surface area (Å²) in [6.45, 7) is 7.59. The standard InChI is InChI=1S/C29H52ClN7O2/c30-20-15-25-29(8-2-1-3-9-29)16-22(33-17-20)26(27(31)35-25)28(38)34-23-18-32-10-5-24(23)36-12-6-21(7-13-36)37-11-4-14-39-19-37/h20-27,32-33,35H,1-19,31H2,(H,34,38). The van der Waals surface area contributed by atoms with Crippen LogP contribution in [0.15, 0.2) is 0 Å². The highest BCUT2D eigenvalue weighted by Gasteiger charge is 2.51. The third kappa shape index (κ3) is 6.31. The summed E-state index contributed by atoms with van der Waals surface area (Å²) in [6.07, 6.45) is 12.4. The zero-order valence-electron chi connectivity index (χ0n) is 23.7. The van der Waals surface area contributed by atoms with Crippen molar-refractivity contribution in [3.8, 4) is 0 Å². The van der Waals surface area contributed by atoms with Gasteiger partial charge >= 0.3 is 0 Å². The van der Waals surface area contributed by atoms with Crippen molar-refractivity contribution in [1.29, 1.82) is 0 Å². The molecule has 10 heteroatoms. The molecule has 1 amide bonds. The number of carbonyl (C=O) groups excluding carboxylic acids is 1. The molecular weight excluding hydrogens is 514 g/mol. The number of nitrogens with two attached hydrogens (primary N) is 1. The van der Waals surface area contributed by atoms with Crippen LogP contribution in [0, 0.1) is 11.3 Å². The van der Waals surface area contributed by atoms with Gasteiger partial charge in [-0.05, 0) is 63.3 Å². The molecule has 9 nitrogen and oxygen atoms in total. The Hall–Kier alpha value is -0.520. The highest BCUT2D eigenvalue weighted by Crippen LogP contribution is 2.48. The van der Waals surface area contributed by atoms with Crippen molar-refractivity contribution in [2.24, 2.45) is 17.1 Å². The van der Waals surface area contributed by atoms with Crippen molar-refractivity contribution in [2.45, 2.75) is 112 Å². The lowest BCUT2D eigenvalue weighted by atomic mass is 9.64. The van der Waals surface area contributed by atoms with Gasteiger partial charge in [0.05, 0.1) is 24.9 Å². The quantitative estimate of drug-likeness (QED) is 0.323. The number of carbonyl (C=O) groups is 1. The molecule has 6 N–H and O–H groups in total. The molecule has 1 saturated carbocycles. The van der Waals surface area contributed by atoms with E-state index in [0.29, 0.717) is 12.1 Å². The Balaban J connectivity index is 1.12. The van der Waals surface area contributed by atoms with Crippen LogP contribution in [0.1, 0.15) is 70.6 Å². The van der Waals surface area contributed by atoms with Crippen molar-refractivity contribution < 1.29 is 9.53 Å². The number of halogens is 1. The minimum atomic E-state index is -0.367. The summed E-state index contributed by atoms with van der Waals surface area (Å²) in [5, 5.41) is 14.6. The predicted octanol–water partition coefficient (Wildman–Crippen LogP) is 1.16. The van der Waals surface area contributed by atoms with Crippen molar-refractivity contribution in [3.63, 3.8) is 0 Å². The first-order valence-corrected chi connectivity index (χ1v) is 16.4. The normalized spacial score (nSPS) is 41.0. The molecule has 6 fully saturated rings. The molecule has 0 aromatic rings. The molecule has 0 radical (unpaired) electrons. The Bertz CT molecular complexity index is 815. The van der Waals surface area contributed by atoms with E-state index >= 15 is 0 Å². The molecule has 0 aromatic carbocycles. The van der Waals surface area contributed by atoms with E-state index < -0.39 is 0 Å². The summed E-state index contributed by atoms with van der Waals surface area (Å²) in [4.78, 5) is 19.3. The van der Waals surface area contributed by atoms with E-state index in [4.69, 9.17) is 22.1 Å². The number of nitrogens with one attached hydrogen (secondary N) is 4. The zero-order valence-corrected chi connectivity index (χ0v) is 24.5. The number of amides is 1. The van der Waals surface area contributed by atoms with Gasteiger partial charge in [0.2, 0.25) is 5.91 Å². The van der Waals surface area contributed by atoms with E-state index in [1.54, 1.807) is 0 Å². The first-order valence-electron chi connectivity index (χ1n) is 16.0. The lowest BCUT2D eigenvalue weighted by Gasteiger charge is -2.47. The van der Waals surface area contributed by atoms with Crippen LogP contribution in [0.2, 0.25) is 0 Å². The molecule has 0 aromatic heterocycles. The van der Waals surface area contributed by atoms with Gasteiger partial charge in [-0.2, -0.15) is 0 Å². The average molecular weight is 566 g/mol. The summed E-state index contributed by atoms with van der Waals surface area (Å²) in [6, 6.07) is 1.43. The second-order valence-corrected chi connectivity index (χ2v) is 14.0. The fraction of sp³-hybridized carbons (Fsp3) is 0.966. The molecule has 39 heavy (non-hydrogen) atoms. The molecular formula is C29H52ClN7O2. The maximum absolute atomic E-state index is 14.1. The van der Waals surface area contributed by atoms with Crippen LogP contribution in [0.25, 0.3) is 0 Å². The van der Waals surface area contributed by atoms with Gasteiger partial charge in [0.25, 0.3) is 0 Å². The number of hydrogen-bond acceptors (Lipinski definition) is 8. The molecule has 1 spiro atoms. The van der Waals surface area contributed by atoms with Crippen LogP contribution in [-0.2, 0) is 9.53 Å². The van der Waals surface area contributed by atoms with E-state index in [1.165, 1.54) is 44.9 Å². The predicted molar refractivity (Wildman–Crippen MR) is 155 cm³/mol. The molecule has 1 aliphatic carbocycles. The van der Waals surface area contributed by atoms with E-state index in [0.717, 1.165) is 78.3 Å². The lowest BCUT2D eigenvalue weighted by molar-refractivity contribution is -0.128. The van der Waals surface area contributed by atoms with E-state index in [9.17, 15) is 4.79 Å². The summed E-state index contributed by atoms with van der Waals surface area (Å²) in [5.74, 6) is -0.200. The van der Waals surface area contributed by atoms with Crippen LogP contribution in [-0.4, -0.2) is 110 Å². The van der Waals surface area contributed by atoms with Crippen molar-refractivity contribution in [2.75, 3.05) is 52.6 Å². The number of ether oxygens (including phenoxy) is 1. The molecule has 6 rings (SSSR count). The molecule has 2 bridgehead atoms. The number of alkyl halides is 1. The van der Waals surface area contributed by atoms with Crippen LogP contribution < -0.4 is 27.0 Å². The Labute approximate surface area is 240 Å². The van der Waals surface area contributed by atoms with Gasteiger partial charge in [0.1, 0.15) is 0 Å². The monoisotopic (exact) mass is 565 g/mol. The summed E-state index contributed by atoms with van der Waals surface area (Å²) in [7, 11) is 0. The fourth-order valence-electron chi connectivity index (χ4n) is 8.95. The zero-order chi connectivity index (χ0) is 26.8. The SMILES string of the molecule is NC1NC2CC(Cl)CNC(CC23CCCCC3)C1C(=O)NC1CNCCC1N1CCC(N2CCCOC2)CC1. The van der Waals surface area contributed by atoms with E-state index in [2.05, 4.69) is 31.1 Å². The smallest absolute Gasteiger partial charge is 0.227 e. The van der Waals surface area contributed by atoms with Gasteiger partial charge in [-0.25, -0.2) is 0 Å². The van der Waals surface area contributed by atoms with Gasteiger partial charge < -0.3 is 26.4 Å². The maximum Gasteiger partial charge on any atom is 0.227 e. The van der Waals surface area contributed by atoms with Crippen molar-refractivity contribution in [1.82, 2.24) is 31.1 Å². The number of nitrogens with zero attached hydrogens (tertiary/aromatic N) is 2. The van der Waals surface area contributed by atoms with Gasteiger partial charge in [-0.15, -0.1) is 11.6 Å². The number of rotatable bonds is 4. The molecule has 7 atom stereocenters. The third-order valence-electron chi connectivity index (χ3n) is 11.1. The Kier molecular flexibility index (Phi) is 9.37. The highest BCUT2D eigenvalue weighted by molar-refractivity contribution is 6.20. The summed E-state index contributed by atoms with van der Waals surface area (Å²) >= 11 is 6.79. The number of fused-ring (bicyclic) bond motifs is 1. The number of piperidine rings is 2. The average Bonchev–Trinajstić information content (AvgIpc) is 3.02. The molecule has 222 valence electrons. The maximum atomic E-state index is 14.1. The third-order valence-corrected chi connectivity index (χ3v) is 11.4. The van der Waals surface area contributed by atoms with Crippen molar-refractivity contribution in [3.05, 3.63) is 0 Å². The molecule has 6 aliphatic rings. The number of hydrogen-bond donors (Lipinski definition) is 5. The van der Waals surface area contributed by atoms with Crippen molar-refractivity contribution >= 4 is 17.5 Å². The Morgan fingerprint density at radius 2 is 1.85 bits per heavy atom. The van der Waals surface area contributed by atoms with Crippen LogP contribution in [0.5, 0.6) is 0 Å². The highest BCUT2D eigenvalue weighted by atomic mass is 35.5. The molecule has 5 heterocycles. The first kappa shape index (κ1) is 28.6. The molecule has 5 saturated heterocycles. The minimum Gasteiger partial charge on any atom is -0.366 e. The van der Waals surface area contributed by atoms with Crippen LogP contribution in [0.3, 0.4) is 0 Å². The van der Waals surface area contributed by atoms with Gasteiger partial charge in [0, 0.05) is 68.9 Å². The summed E-state index contributed by atoms with van der Waals surface area (Å²) in [5.41, 5.74) is 7.04. The second kappa shape index (κ2) is 12.8. The largest absolute Gasteiger partial charge is 0.366 e. The van der Waals surface area contributed by atoms with E-state index in [1.807, 2.05) is 0 Å². The second-order valence-electron chi connectivity index (χ2n) is 13.4. The molecule has 5 aliphatic heterocycles. The number of likely N-dealkylation sites (tertiary alicyclic amines) is 1. The van der Waals surface area contributed by atoms with Crippen LogP contribution >= 0.6 is 11.6 Å². The van der Waals surface area contributed by atoms with E-state index in [-0.39, 0.29) is 46.9 Å². The van der Waals surface area contributed by atoms with Gasteiger partial charge in [-0.1, -0.05) is 19.3 Å². The molecule has 7 unspecified atom stereocenters. The lowest BCUT2D eigenvalue weighted by Crippen LogP contribution is -2.64. The fourth-order valence-corrected chi connectivity index (χ4v) is 9.22. The topological polar surface area (TPSA) is 107 Å². The minimum absolute atomic E-state index is 0.0506. The van der Waals surface area contributed by atoms with Gasteiger partial charge in [0.15, 0.2) is 0 Å². The summed E-state index contributed by atoms with van der Waals surface area (Å²) < 4.78 is 5.72. The first-order chi connectivity index (χ1) is 19.0.